The van der Waals surface area contributed by atoms with Crippen LogP contribution < -0.4 is 0 Å². The summed E-state index contributed by atoms with van der Waals surface area (Å²) in [7, 11) is 13.6. The van der Waals surface area contributed by atoms with Crippen LogP contribution in [0.5, 0.6) is 0 Å². The Hall–Kier alpha value is 0.0300. The first-order valence-electron chi connectivity index (χ1n) is 5.57. The molecule has 0 amide bonds. The molecule has 0 saturated carbocycles. The van der Waals surface area contributed by atoms with Gasteiger partial charge in [0, 0.05) is 0 Å². The standard InChI is InChI=1S/C10H29N3O3P/c1-11(2,3)10-17(14,15-12(4,5)6)16-13(7,8)9/h10H2,1-9H3/q+3. The molecule has 0 atom stereocenters. The molecule has 0 aromatic carbocycles. The zero-order valence-corrected chi connectivity index (χ0v) is 13.6. The molecule has 0 fully saturated rings. The SMILES string of the molecule is C[N+](C)(C)CP(=O)(O[N+](C)(C)C)O[N+](C)(C)C. The van der Waals surface area contributed by atoms with Crippen molar-refractivity contribution in [3.05, 3.63) is 0 Å². The van der Waals surface area contributed by atoms with E-state index in [1.54, 1.807) is 0 Å². The normalized spacial score (nSPS) is 15.1. The Bertz CT molecular complexity index is 252. The number of hydrogen-bond acceptors (Lipinski definition) is 3. The van der Waals surface area contributed by atoms with Crippen LogP contribution in [0, 0.1) is 0 Å². The van der Waals surface area contributed by atoms with Gasteiger partial charge in [0.1, 0.15) is 0 Å². The molecule has 0 radical (unpaired) electrons. The molecule has 0 unspecified atom stereocenters. The Balaban J connectivity index is 5.03. The fourth-order valence-electron chi connectivity index (χ4n) is 1.33. The van der Waals surface area contributed by atoms with Crippen LogP contribution in [0.25, 0.3) is 0 Å². The Kier molecular flexibility index (Phi) is 4.97. The van der Waals surface area contributed by atoms with Crippen molar-refractivity contribution in [2.45, 2.75) is 0 Å². The van der Waals surface area contributed by atoms with E-state index in [1.165, 1.54) is 0 Å². The number of rotatable bonds is 6. The van der Waals surface area contributed by atoms with Crippen LogP contribution in [0.15, 0.2) is 0 Å². The predicted octanol–water partition coefficient (Wildman–Crippen LogP) is 1.12. The summed E-state index contributed by atoms with van der Waals surface area (Å²) in [5.41, 5.74) is 0. The van der Waals surface area contributed by atoms with Gasteiger partial charge >= 0.3 is 7.60 Å². The minimum Gasteiger partial charge on any atom is -0.321 e. The van der Waals surface area contributed by atoms with E-state index in [-0.39, 0.29) is 9.29 Å². The maximum Gasteiger partial charge on any atom is 0.481 e. The molecule has 0 bridgehead atoms. The van der Waals surface area contributed by atoms with Gasteiger partial charge in [0.15, 0.2) is 6.29 Å². The lowest BCUT2D eigenvalue weighted by Crippen LogP contribution is -2.43. The maximum atomic E-state index is 12.8. The van der Waals surface area contributed by atoms with E-state index in [4.69, 9.17) is 9.25 Å². The smallest absolute Gasteiger partial charge is 0.321 e. The van der Waals surface area contributed by atoms with Crippen molar-refractivity contribution in [3.8, 4) is 0 Å². The van der Waals surface area contributed by atoms with Crippen LogP contribution in [0.1, 0.15) is 0 Å². The van der Waals surface area contributed by atoms with Crippen LogP contribution in [-0.4, -0.2) is 83.5 Å². The minimum absolute atomic E-state index is 0.150. The number of nitrogens with zero attached hydrogens (tertiary/aromatic N) is 3. The summed E-state index contributed by atoms with van der Waals surface area (Å²) in [6.45, 7) is 0. The molecule has 0 saturated heterocycles. The molecule has 0 rings (SSSR count). The van der Waals surface area contributed by atoms with Gasteiger partial charge in [-0.05, 0) is 0 Å². The summed E-state index contributed by atoms with van der Waals surface area (Å²) in [5, 5.41) is 0. The molecule has 0 aliphatic carbocycles. The van der Waals surface area contributed by atoms with E-state index in [9.17, 15) is 4.57 Å². The summed E-state index contributed by atoms with van der Waals surface area (Å²) >= 11 is 0. The highest BCUT2D eigenvalue weighted by atomic mass is 31.2. The van der Waals surface area contributed by atoms with Crippen molar-refractivity contribution >= 4 is 7.60 Å². The van der Waals surface area contributed by atoms with Crippen LogP contribution in [0.4, 0.5) is 0 Å². The third-order valence-electron chi connectivity index (χ3n) is 1.34. The monoisotopic (exact) mass is 270 g/mol. The quantitative estimate of drug-likeness (QED) is 0.412. The van der Waals surface area contributed by atoms with Gasteiger partial charge in [0.25, 0.3) is 0 Å². The molecule has 0 aliphatic rings. The lowest BCUT2D eigenvalue weighted by molar-refractivity contribution is -1.06. The van der Waals surface area contributed by atoms with Gasteiger partial charge in [0.05, 0.1) is 63.4 Å². The lowest BCUT2D eigenvalue weighted by atomic mass is 10.8. The van der Waals surface area contributed by atoms with Gasteiger partial charge in [-0.3, -0.25) is 0 Å². The van der Waals surface area contributed by atoms with E-state index in [0.717, 1.165) is 0 Å². The second kappa shape index (κ2) is 4.96. The minimum atomic E-state index is -3.17. The van der Waals surface area contributed by atoms with Crippen molar-refractivity contribution in [1.29, 1.82) is 0 Å². The molecule has 17 heavy (non-hydrogen) atoms. The summed E-state index contributed by atoms with van der Waals surface area (Å²) < 4.78 is 24.8. The highest BCUT2D eigenvalue weighted by Crippen LogP contribution is 2.52. The first-order valence-corrected chi connectivity index (χ1v) is 7.30. The van der Waals surface area contributed by atoms with Crippen molar-refractivity contribution in [1.82, 2.24) is 0 Å². The third kappa shape index (κ3) is 9.71. The average molecular weight is 270 g/mol. The molecule has 0 aromatic heterocycles. The van der Waals surface area contributed by atoms with Crippen LogP contribution in [0.3, 0.4) is 0 Å². The van der Waals surface area contributed by atoms with Gasteiger partial charge in [-0.25, -0.2) is 4.57 Å². The molecule has 0 aromatic rings. The van der Waals surface area contributed by atoms with E-state index in [2.05, 4.69) is 0 Å². The first-order chi connectivity index (χ1) is 7.12. The molecular formula is C10H29N3O3P+3. The second-order valence-corrected chi connectivity index (χ2v) is 8.82. The van der Waals surface area contributed by atoms with E-state index >= 15 is 0 Å². The Morgan fingerprint density at radius 2 is 1.06 bits per heavy atom. The lowest BCUT2D eigenvalue weighted by Gasteiger charge is -2.33. The molecular weight excluding hydrogens is 241 g/mol. The summed E-state index contributed by atoms with van der Waals surface area (Å²) in [5.74, 6) is 0. The van der Waals surface area contributed by atoms with Gasteiger partial charge in [0.2, 0.25) is 0 Å². The topological polar surface area (TPSA) is 35.5 Å². The zero-order chi connectivity index (χ0) is 14.1. The average Bonchev–Trinajstić information content (AvgIpc) is 1.65. The highest BCUT2D eigenvalue weighted by molar-refractivity contribution is 7.53. The Morgan fingerprint density at radius 3 is 1.24 bits per heavy atom. The van der Waals surface area contributed by atoms with Gasteiger partial charge < -0.3 is 4.48 Å². The summed E-state index contributed by atoms with van der Waals surface area (Å²) in [4.78, 5) is 0. The third-order valence-corrected chi connectivity index (χ3v) is 4.01. The Labute approximate surface area is 106 Å². The van der Waals surface area contributed by atoms with Gasteiger partial charge in [-0.1, -0.05) is 0 Å². The highest BCUT2D eigenvalue weighted by Gasteiger charge is 2.44. The molecule has 6 nitrogen and oxygen atoms in total. The van der Waals surface area contributed by atoms with Crippen LogP contribution >= 0.6 is 7.60 Å². The molecule has 104 valence electrons. The summed E-state index contributed by atoms with van der Waals surface area (Å²) in [6, 6.07) is 0. The van der Waals surface area contributed by atoms with Crippen molar-refractivity contribution in [2.75, 3.05) is 69.7 Å². The molecule has 0 heterocycles. The fraction of sp³-hybridized carbons (Fsp3) is 1.00. The number of quaternary nitrogens is 3. The molecule has 0 aliphatic heterocycles. The van der Waals surface area contributed by atoms with E-state index in [0.29, 0.717) is 10.8 Å². The largest absolute Gasteiger partial charge is 0.481 e. The Morgan fingerprint density at radius 1 is 0.765 bits per heavy atom. The summed E-state index contributed by atoms with van der Waals surface area (Å²) in [6.07, 6.45) is 0.331. The first kappa shape index (κ1) is 17.0. The maximum absolute atomic E-state index is 12.8. The van der Waals surface area contributed by atoms with Gasteiger partial charge in [-0.2, -0.15) is 9.29 Å². The van der Waals surface area contributed by atoms with Crippen LogP contribution in [0.2, 0.25) is 0 Å². The zero-order valence-electron chi connectivity index (χ0n) is 12.7. The van der Waals surface area contributed by atoms with E-state index < -0.39 is 7.60 Å². The molecule has 0 spiro atoms. The number of hydrogen-bond donors (Lipinski definition) is 0. The molecule has 0 N–H and O–H groups in total. The fourth-order valence-corrected chi connectivity index (χ4v) is 4.00. The van der Waals surface area contributed by atoms with Crippen molar-refractivity contribution < 1.29 is 27.6 Å². The van der Waals surface area contributed by atoms with Gasteiger partial charge in [-0.15, -0.1) is 9.25 Å². The predicted molar refractivity (Wildman–Crippen MR) is 68.7 cm³/mol. The van der Waals surface area contributed by atoms with E-state index in [1.807, 2.05) is 63.4 Å². The number of hydroxylamine groups is 6. The molecule has 7 heteroatoms. The van der Waals surface area contributed by atoms with Crippen LogP contribution in [-0.2, 0) is 13.8 Å². The van der Waals surface area contributed by atoms with Crippen molar-refractivity contribution in [2.24, 2.45) is 0 Å². The second-order valence-electron chi connectivity index (χ2n) is 6.98. The van der Waals surface area contributed by atoms with Crippen molar-refractivity contribution in [3.63, 3.8) is 0 Å².